The van der Waals surface area contributed by atoms with Gasteiger partial charge in [0.1, 0.15) is 11.2 Å². The van der Waals surface area contributed by atoms with Crippen LogP contribution < -0.4 is 0 Å². The van der Waals surface area contributed by atoms with Crippen LogP contribution in [-0.2, 0) is 0 Å². The zero-order valence-electron chi connectivity index (χ0n) is 26.9. The quantitative estimate of drug-likeness (QED) is 0.216. The molecule has 3 aromatic heterocycles. The van der Waals surface area contributed by atoms with E-state index in [1.54, 1.807) is 11.3 Å². The van der Waals surface area contributed by atoms with Gasteiger partial charge < -0.3 is 4.42 Å². The van der Waals surface area contributed by atoms with Gasteiger partial charge in [0, 0.05) is 42.1 Å². The minimum Gasteiger partial charge on any atom is -0.455 e. The largest absolute Gasteiger partial charge is 0.455 e. The van der Waals surface area contributed by atoms with Crippen molar-refractivity contribution in [1.29, 1.82) is 0 Å². The van der Waals surface area contributed by atoms with Crippen molar-refractivity contribution in [3.8, 4) is 34.2 Å². The standard InChI is InChI=1S/C37H21N3OS/c1-2-10-22(11-3-1)35-38-36(40-37(39-35)29-18-9-16-27-25-14-6-7-19-32(25)42-34(27)29)28-17-8-15-26-30-20-23-12-4-5-13-24(23)21-31(30)41-33(26)28/h1-21H/i1D,2D,3D,10D,11D. The van der Waals surface area contributed by atoms with E-state index in [-0.39, 0.29) is 29.3 Å². The maximum absolute atomic E-state index is 8.71. The number of thiophene rings is 1. The van der Waals surface area contributed by atoms with Crippen molar-refractivity contribution < 1.29 is 11.3 Å². The first-order valence-electron chi connectivity index (χ1n) is 16.0. The molecule has 0 unspecified atom stereocenters. The Bertz CT molecular complexity index is 2740. The van der Waals surface area contributed by atoms with Crippen LogP contribution in [0.15, 0.2) is 132 Å². The summed E-state index contributed by atoms with van der Waals surface area (Å²) in [5.74, 6) is 0.580. The van der Waals surface area contributed by atoms with Crippen molar-refractivity contribution in [2.45, 2.75) is 0 Å². The molecule has 0 N–H and O–H groups in total. The highest BCUT2D eigenvalue weighted by atomic mass is 32.1. The van der Waals surface area contributed by atoms with Crippen LogP contribution in [0.2, 0.25) is 0 Å². The lowest BCUT2D eigenvalue weighted by atomic mass is 10.0. The Labute approximate surface area is 251 Å². The maximum atomic E-state index is 8.71. The number of rotatable bonds is 3. The van der Waals surface area contributed by atoms with E-state index in [4.69, 9.17) is 26.2 Å². The van der Waals surface area contributed by atoms with Crippen molar-refractivity contribution in [1.82, 2.24) is 15.0 Å². The van der Waals surface area contributed by atoms with Crippen LogP contribution in [0.25, 0.3) is 87.0 Å². The third-order valence-corrected chi connectivity index (χ3v) is 8.83. The van der Waals surface area contributed by atoms with Crippen molar-refractivity contribution in [2.24, 2.45) is 0 Å². The summed E-state index contributed by atoms with van der Waals surface area (Å²) in [6, 6.07) is 30.0. The number of fused-ring (bicyclic) bond motifs is 7. The van der Waals surface area contributed by atoms with E-state index >= 15 is 0 Å². The highest BCUT2D eigenvalue weighted by molar-refractivity contribution is 7.26. The molecule has 5 heteroatoms. The lowest BCUT2D eigenvalue weighted by Gasteiger charge is -2.09. The molecule has 0 saturated carbocycles. The summed E-state index contributed by atoms with van der Waals surface area (Å²) >= 11 is 1.63. The van der Waals surface area contributed by atoms with Crippen molar-refractivity contribution in [3.05, 3.63) is 127 Å². The number of hydrogen-bond donors (Lipinski definition) is 0. The molecule has 0 amide bonds. The summed E-state index contributed by atoms with van der Waals surface area (Å²) in [6.07, 6.45) is 0. The third-order valence-electron chi connectivity index (χ3n) is 7.61. The molecule has 4 nitrogen and oxygen atoms in total. The Kier molecular flexibility index (Phi) is 4.07. The molecule has 0 fully saturated rings. The van der Waals surface area contributed by atoms with Gasteiger partial charge in [-0.15, -0.1) is 11.3 Å². The van der Waals surface area contributed by atoms with Gasteiger partial charge in [0.15, 0.2) is 17.5 Å². The van der Waals surface area contributed by atoms with Gasteiger partial charge in [-0.25, -0.2) is 15.0 Å². The molecule has 0 saturated heterocycles. The SMILES string of the molecule is [2H]c1c([2H])c([2H])c(-c2nc(-c3cccc4c3oc3cc5ccccc5cc34)nc(-c3cccc4c3sc3ccccc34)n2)c([2H])c1[2H]. The molecule has 9 rings (SSSR count). The Morgan fingerprint density at radius 2 is 1.24 bits per heavy atom. The first-order chi connectivity index (χ1) is 22.9. The topological polar surface area (TPSA) is 51.8 Å². The minimum absolute atomic E-state index is 0.0148. The average Bonchev–Trinajstić information content (AvgIpc) is 3.67. The van der Waals surface area contributed by atoms with Crippen LogP contribution in [0, 0.1) is 0 Å². The predicted molar refractivity (Wildman–Crippen MR) is 174 cm³/mol. The molecule has 42 heavy (non-hydrogen) atoms. The number of para-hydroxylation sites is 1. The molecule has 6 aromatic carbocycles. The first-order valence-corrected chi connectivity index (χ1v) is 14.3. The number of benzene rings is 6. The van der Waals surface area contributed by atoms with Gasteiger partial charge >= 0.3 is 0 Å². The Hall–Kier alpha value is -5.39. The lowest BCUT2D eigenvalue weighted by Crippen LogP contribution is -2.00. The number of nitrogens with zero attached hydrogens (tertiary/aromatic N) is 3. The van der Waals surface area contributed by atoms with E-state index in [1.165, 1.54) is 0 Å². The van der Waals surface area contributed by atoms with Crippen molar-refractivity contribution in [2.75, 3.05) is 0 Å². The van der Waals surface area contributed by atoms with E-state index in [1.807, 2.05) is 66.7 Å². The number of aromatic nitrogens is 3. The molecular weight excluding hydrogens is 534 g/mol. The van der Waals surface area contributed by atoms with Crippen LogP contribution in [0.3, 0.4) is 0 Å². The Balaban J connectivity index is 1.36. The van der Waals surface area contributed by atoms with Crippen LogP contribution in [0.5, 0.6) is 0 Å². The molecule has 0 aliphatic carbocycles. The fourth-order valence-corrected chi connectivity index (χ4v) is 6.88. The molecule has 3 heterocycles. The predicted octanol–water partition coefficient (Wildman–Crippen LogP) is 10.3. The van der Waals surface area contributed by atoms with Gasteiger partial charge in [0.05, 0.1) is 12.4 Å². The van der Waals surface area contributed by atoms with E-state index in [0.29, 0.717) is 17.0 Å². The molecule has 0 radical (unpaired) electrons. The molecule has 9 aromatic rings. The van der Waals surface area contributed by atoms with Gasteiger partial charge in [-0.05, 0) is 41.1 Å². The second-order valence-corrected chi connectivity index (χ2v) is 11.1. The van der Waals surface area contributed by atoms with Gasteiger partial charge in [-0.3, -0.25) is 0 Å². The summed E-state index contributed by atoms with van der Waals surface area (Å²) in [7, 11) is 0. The highest BCUT2D eigenvalue weighted by Crippen LogP contribution is 2.41. The molecule has 0 spiro atoms. The minimum atomic E-state index is -0.479. The maximum Gasteiger partial charge on any atom is 0.167 e. The summed E-state index contributed by atoms with van der Waals surface area (Å²) < 4.78 is 50.8. The van der Waals surface area contributed by atoms with Gasteiger partial charge in [0.25, 0.3) is 0 Å². The molecular formula is C37H21N3OS. The molecule has 196 valence electrons. The van der Waals surface area contributed by atoms with Gasteiger partial charge in [-0.1, -0.05) is 96.9 Å². The fourth-order valence-electron chi connectivity index (χ4n) is 5.67. The highest BCUT2D eigenvalue weighted by Gasteiger charge is 2.19. The van der Waals surface area contributed by atoms with Crippen molar-refractivity contribution in [3.63, 3.8) is 0 Å². The molecule has 0 aliphatic heterocycles. The van der Waals surface area contributed by atoms with Gasteiger partial charge in [-0.2, -0.15) is 0 Å². The van der Waals surface area contributed by atoms with E-state index < -0.39 is 18.1 Å². The van der Waals surface area contributed by atoms with Crippen LogP contribution in [0.1, 0.15) is 6.85 Å². The molecule has 0 atom stereocenters. The summed E-state index contributed by atoms with van der Waals surface area (Å²) in [5.41, 5.74) is 2.57. The van der Waals surface area contributed by atoms with Gasteiger partial charge in [0.2, 0.25) is 0 Å². The first kappa shape index (κ1) is 18.9. The van der Waals surface area contributed by atoms with Crippen LogP contribution in [-0.4, -0.2) is 15.0 Å². The Morgan fingerprint density at radius 3 is 2.10 bits per heavy atom. The average molecular weight is 561 g/mol. The smallest absolute Gasteiger partial charge is 0.167 e. The molecule has 0 aliphatic rings. The fraction of sp³-hybridized carbons (Fsp3) is 0. The summed E-state index contributed by atoms with van der Waals surface area (Å²) in [6.45, 7) is 0. The number of hydrogen-bond acceptors (Lipinski definition) is 5. The van der Waals surface area contributed by atoms with E-state index in [9.17, 15) is 0 Å². The van der Waals surface area contributed by atoms with E-state index in [0.717, 1.165) is 52.9 Å². The summed E-state index contributed by atoms with van der Waals surface area (Å²) in [5, 5.41) is 6.17. The molecule has 0 bridgehead atoms. The lowest BCUT2D eigenvalue weighted by molar-refractivity contribution is 0.670. The monoisotopic (exact) mass is 560 g/mol. The second-order valence-electron chi connectivity index (χ2n) is 10.1. The third kappa shape index (κ3) is 3.57. The van der Waals surface area contributed by atoms with Crippen molar-refractivity contribution >= 4 is 64.2 Å². The second kappa shape index (κ2) is 9.06. The zero-order chi connectivity index (χ0) is 32.0. The summed E-state index contributed by atoms with van der Waals surface area (Å²) in [4.78, 5) is 14.6. The van der Waals surface area contributed by atoms with Crippen LogP contribution in [0.4, 0.5) is 0 Å². The zero-order valence-corrected chi connectivity index (χ0v) is 22.7. The Morgan fingerprint density at radius 1 is 0.571 bits per heavy atom. The van der Waals surface area contributed by atoms with Crippen LogP contribution >= 0.6 is 11.3 Å². The van der Waals surface area contributed by atoms with E-state index in [2.05, 4.69) is 30.3 Å². The number of furan rings is 1. The normalized spacial score (nSPS) is 13.5.